The number of likely N-dealkylation sites (N-methyl/N-ethyl adjacent to an activating group) is 1. The molecule has 2 aromatic heterocycles. The largest absolute Gasteiger partial charge is 0.395 e. The number of alkyl halides is 3. The van der Waals surface area contributed by atoms with Crippen LogP contribution in [-0.2, 0) is 11.2 Å². The fourth-order valence-corrected chi connectivity index (χ4v) is 4.78. The Morgan fingerprint density at radius 1 is 1.17 bits per heavy atom. The molecule has 2 atom stereocenters. The highest BCUT2D eigenvalue weighted by Gasteiger charge is 2.67. The van der Waals surface area contributed by atoms with Crippen LogP contribution in [0.15, 0.2) is 30.7 Å². The van der Waals surface area contributed by atoms with Crippen molar-refractivity contribution in [3.63, 3.8) is 0 Å². The summed E-state index contributed by atoms with van der Waals surface area (Å²) in [7, 11) is 3.86. The quantitative estimate of drug-likeness (QED) is 0.474. The molecule has 1 saturated carbocycles. The molecule has 10 heteroatoms. The van der Waals surface area contributed by atoms with Crippen LogP contribution in [0.25, 0.3) is 10.9 Å². The highest BCUT2D eigenvalue weighted by atomic mass is 19.4. The lowest BCUT2D eigenvalue weighted by Gasteiger charge is -2.30. The Labute approximate surface area is 202 Å². The van der Waals surface area contributed by atoms with Crippen LogP contribution < -0.4 is 5.32 Å². The van der Waals surface area contributed by atoms with E-state index in [1.165, 1.54) is 12.4 Å². The third-order valence-electron chi connectivity index (χ3n) is 7.34. The van der Waals surface area contributed by atoms with Crippen LogP contribution in [0.4, 0.5) is 13.2 Å². The highest BCUT2D eigenvalue weighted by Crippen LogP contribution is 2.66. The third kappa shape index (κ3) is 5.17. The van der Waals surface area contributed by atoms with E-state index >= 15 is 0 Å². The molecule has 188 valence electrons. The van der Waals surface area contributed by atoms with Crippen molar-refractivity contribution >= 4 is 16.8 Å². The number of rotatable bonds is 9. The Kier molecular flexibility index (Phi) is 6.86. The number of hydrogen-bond donors (Lipinski definition) is 2. The van der Waals surface area contributed by atoms with Crippen LogP contribution in [0.3, 0.4) is 0 Å². The van der Waals surface area contributed by atoms with E-state index in [9.17, 15) is 18.0 Å². The zero-order valence-electron chi connectivity index (χ0n) is 20.4. The predicted molar refractivity (Wildman–Crippen MR) is 127 cm³/mol. The molecule has 4 rings (SSSR count). The maximum atomic E-state index is 14.0. The number of fused-ring (bicyclic) bond motifs is 1. The monoisotopic (exact) mass is 488 g/mol. The number of nitrogens with zero attached hydrogens (tertiary/aromatic N) is 4. The Bertz CT molecular complexity index is 1180. The summed E-state index contributed by atoms with van der Waals surface area (Å²) in [5.74, 6) is -0.932. The molecule has 7 nitrogen and oxygen atoms in total. The molecule has 0 bridgehead atoms. The molecular formula is C25H31F3N6O. The van der Waals surface area contributed by atoms with Crippen molar-refractivity contribution in [3.8, 4) is 0 Å². The zero-order chi connectivity index (χ0) is 25.4. The van der Waals surface area contributed by atoms with Crippen LogP contribution >= 0.6 is 0 Å². The molecule has 1 aliphatic rings. The van der Waals surface area contributed by atoms with Gasteiger partial charge in [0.05, 0.1) is 17.1 Å². The standard InChI is InChI=1S/C25H31F3N6O/c1-15-17(5-6-22-20(15)14-32-33-22)9-19(34(3)4)13-31-23(35)10-21(18-11-29-16(2)30-12-18)24(7-8-24)25(26,27)28/h5-6,11-12,14,19,21H,7-10,13H2,1-4H3,(H,31,35)(H,32,33)/t19-,21-/m0/s1. The Morgan fingerprint density at radius 3 is 2.46 bits per heavy atom. The molecule has 0 aliphatic heterocycles. The van der Waals surface area contributed by atoms with E-state index < -0.39 is 23.4 Å². The van der Waals surface area contributed by atoms with Gasteiger partial charge >= 0.3 is 6.18 Å². The molecule has 0 saturated heterocycles. The summed E-state index contributed by atoms with van der Waals surface area (Å²) in [5, 5.41) is 11.0. The number of benzene rings is 1. The van der Waals surface area contributed by atoms with Gasteiger partial charge in [-0.05, 0) is 70.0 Å². The van der Waals surface area contributed by atoms with E-state index in [0.29, 0.717) is 24.4 Å². The Balaban J connectivity index is 1.46. The topological polar surface area (TPSA) is 86.8 Å². The number of amides is 1. The highest BCUT2D eigenvalue weighted by molar-refractivity contribution is 5.82. The summed E-state index contributed by atoms with van der Waals surface area (Å²) in [6.07, 6.45) is 0.694. The second-order valence-electron chi connectivity index (χ2n) is 9.78. The summed E-state index contributed by atoms with van der Waals surface area (Å²) >= 11 is 0. The van der Waals surface area contributed by atoms with Gasteiger partial charge in [0.15, 0.2) is 0 Å². The SMILES string of the molecule is Cc1ncc([C@H](CC(=O)NC[C@H](Cc2ccc3[nH]ncc3c2C)N(C)C)C2(C(F)(F)F)CC2)cn1. The lowest BCUT2D eigenvalue weighted by atomic mass is 9.81. The van der Waals surface area contributed by atoms with Crippen molar-refractivity contribution in [1.29, 1.82) is 0 Å². The van der Waals surface area contributed by atoms with E-state index in [-0.39, 0.29) is 25.3 Å². The molecule has 1 aromatic carbocycles. The molecule has 1 aliphatic carbocycles. The first-order valence-electron chi connectivity index (χ1n) is 11.7. The molecular weight excluding hydrogens is 457 g/mol. The first-order valence-corrected chi connectivity index (χ1v) is 11.7. The first kappa shape index (κ1) is 25.1. The van der Waals surface area contributed by atoms with Crippen molar-refractivity contribution in [2.75, 3.05) is 20.6 Å². The van der Waals surface area contributed by atoms with Gasteiger partial charge in [0.1, 0.15) is 5.82 Å². The first-order chi connectivity index (χ1) is 16.5. The van der Waals surface area contributed by atoms with E-state index in [1.807, 2.05) is 38.1 Å². The Hall–Kier alpha value is -3.01. The van der Waals surface area contributed by atoms with Gasteiger partial charge in [-0.2, -0.15) is 18.3 Å². The average molecular weight is 489 g/mol. The minimum absolute atomic E-state index is 0.0123. The fourth-order valence-electron chi connectivity index (χ4n) is 4.78. The zero-order valence-corrected chi connectivity index (χ0v) is 20.4. The number of halogens is 3. The van der Waals surface area contributed by atoms with Gasteiger partial charge in [0, 0.05) is 42.7 Å². The second kappa shape index (κ2) is 9.56. The lowest BCUT2D eigenvalue weighted by Crippen LogP contribution is -2.43. The number of nitrogens with one attached hydrogen (secondary N) is 2. The Morgan fingerprint density at radius 2 is 1.86 bits per heavy atom. The van der Waals surface area contributed by atoms with Crippen molar-refractivity contribution < 1.29 is 18.0 Å². The van der Waals surface area contributed by atoms with Crippen molar-refractivity contribution in [3.05, 3.63) is 53.2 Å². The van der Waals surface area contributed by atoms with E-state index in [0.717, 1.165) is 22.0 Å². The molecule has 2 heterocycles. The lowest BCUT2D eigenvalue weighted by molar-refractivity contribution is -0.194. The number of carbonyl (C=O) groups excluding carboxylic acids is 1. The number of carbonyl (C=O) groups is 1. The van der Waals surface area contributed by atoms with Gasteiger partial charge in [-0.3, -0.25) is 9.89 Å². The number of H-pyrrole nitrogens is 1. The molecule has 1 amide bonds. The molecule has 1 fully saturated rings. The summed E-state index contributed by atoms with van der Waals surface area (Å²) in [6, 6.07) is 4.00. The van der Waals surface area contributed by atoms with Gasteiger partial charge in [0.2, 0.25) is 5.91 Å². The summed E-state index contributed by atoms with van der Waals surface area (Å²) in [6.45, 7) is 4.04. The van der Waals surface area contributed by atoms with Gasteiger partial charge in [0.25, 0.3) is 0 Å². The molecule has 3 aromatic rings. The molecule has 0 unspecified atom stereocenters. The maximum Gasteiger partial charge on any atom is 0.395 e. The van der Waals surface area contributed by atoms with Crippen molar-refractivity contribution in [1.82, 2.24) is 30.4 Å². The normalized spacial score (nSPS) is 16.9. The fraction of sp³-hybridized carbons (Fsp3) is 0.520. The third-order valence-corrected chi connectivity index (χ3v) is 7.34. The average Bonchev–Trinajstić information content (AvgIpc) is 3.48. The second-order valence-corrected chi connectivity index (χ2v) is 9.78. The molecule has 0 spiro atoms. The van der Waals surface area contributed by atoms with Crippen LogP contribution in [0.5, 0.6) is 0 Å². The minimum atomic E-state index is -4.39. The van der Waals surface area contributed by atoms with Crippen molar-refractivity contribution in [2.45, 2.75) is 57.7 Å². The maximum absolute atomic E-state index is 14.0. The summed E-state index contributed by atoms with van der Waals surface area (Å²) in [5.41, 5.74) is 1.69. The number of aryl methyl sites for hydroxylation is 2. The van der Waals surface area contributed by atoms with Crippen LogP contribution in [0.2, 0.25) is 0 Å². The molecule has 0 radical (unpaired) electrons. The van der Waals surface area contributed by atoms with Crippen LogP contribution in [0.1, 0.15) is 47.7 Å². The smallest absolute Gasteiger partial charge is 0.355 e. The van der Waals surface area contributed by atoms with Gasteiger partial charge in [-0.15, -0.1) is 0 Å². The van der Waals surface area contributed by atoms with Gasteiger partial charge < -0.3 is 10.2 Å². The number of hydrogen-bond acceptors (Lipinski definition) is 5. The molecule has 2 N–H and O–H groups in total. The number of aromatic nitrogens is 4. The summed E-state index contributed by atoms with van der Waals surface area (Å²) < 4.78 is 41.9. The van der Waals surface area contributed by atoms with Crippen molar-refractivity contribution in [2.24, 2.45) is 5.41 Å². The van der Waals surface area contributed by atoms with Gasteiger partial charge in [-0.25, -0.2) is 9.97 Å². The van der Waals surface area contributed by atoms with E-state index in [1.54, 1.807) is 13.1 Å². The summed E-state index contributed by atoms with van der Waals surface area (Å²) in [4.78, 5) is 23.1. The minimum Gasteiger partial charge on any atom is -0.355 e. The van der Waals surface area contributed by atoms with Crippen LogP contribution in [-0.4, -0.2) is 63.8 Å². The van der Waals surface area contributed by atoms with E-state index in [4.69, 9.17) is 0 Å². The predicted octanol–water partition coefficient (Wildman–Crippen LogP) is 4.08. The van der Waals surface area contributed by atoms with Gasteiger partial charge in [-0.1, -0.05) is 6.07 Å². The van der Waals surface area contributed by atoms with E-state index in [2.05, 4.69) is 25.5 Å². The van der Waals surface area contributed by atoms with Crippen LogP contribution in [0, 0.1) is 19.3 Å². The number of aromatic amines is 1. The molecule has 35 heavy (non-hydrogen) atoms.